The van der Waals surface area contributed by atoms with E-state index < -0.39 is 0 Å². The summed E-state index contributed by atoms with van der Waals surface area (Å²) < 4.78 is 16.4. The van der Waals surface area contributed by atoms with Gasteiger partial charge in [0.1, 0.15) is 5.75 Å². The maximum Gasteiger partial charge on any atom is 0.191 e. The number of ether oxygens (including phenoxy) is 3. The molecule has 1 fully saturated rings. The van der Waals surface area contributed by atoms with Gasteiger partial charge in [0.2, 0.25) is 0 Å². The van der Waals surface area contributed by atoms with E-state index in [1.54, 1.807) is 14.2 Å². The third-order valence-corrected chi connectivity index (χ3v) is 5.31. The Morgan fingerprint density at radius 3 is 2.71 bits per heavy atom. The van der Waals surface area contributed by atoms with E-state index in [4.69, 9.17) is 19.2 Å². The zero-order valence-corrected chi connectivity index (χ0v) is 21.9. The fourth-order valence-corrected chi connectivity index (χ4v) is 3.66. The summed E-state index contributed by atoms with van der Waals surface area (Å²) >= 11 is 0. The molecule has 1 aliphatic heterocycles. The highest BCUT2D eigenvalue weighted by molar-refractivity contribution is 14.0. The first kappa shape index (κ1) is 27.9. The van der Waals surface area contributed by atoms with Gasteiger partial charge in [-0.15, -0.1) is 24.0 Å². The van der Waals surface area contributed by atoms with E-state index in [1.165, 1.54) is 18.4 Å². The largest absolute Gasteiger partial charge is 0.493 e. The summed E-state index contributed by atoms with van der Waals surface area (Å²) in [6.45, 7) is 10.7. The van der Waals surface area contributed by atoms with Crippen molar-refractivity contribution in [1.82, 2.24) is 15.5 Å². The van der Waals surface area contributed by atoms with E-state index in [1.807, 2.05) is 0 Å². The van der Waals surface area contributed by atoms with Crippen LogP contribution in [0.25, 0.3) is 0 Å². The van der Waals surface area contributed by atoms with Crippen LogP contribution in [0.4, 0.5) is 0 Å². The summed E-state index contributed by atoms with van der Waals surface area (Å²) in [7, 11) is 3.48. The van der Waals surface area contributed by atoms with Crippen molar-refractivity contribution in [3.63, 3.8) is 0 Å². The van der Waals surface area contributed by atoms with Gasteiger partial charge in [-0.05, 0) is 44.9 Å². The molecule has 2 N–H and O–H groups in total. The molecule has 1 aromatic carbocycles. The smallest absolute Gasteiger partial charge is 0.191 e. The summed E-state index contributed by atoms with van der Waals surface area (Å²) in [4.78, 5) is 7.32. The van der Waals surface area contributed by atoms with Crippen LogP contribution in [0.3, 0.4) is 0 Å². The molecule has 7 nitrogen and oxygen atoms in total. The number of guanidine groups is 1. The molecule has 0 radical (unpaired) electrons. The first-order valence-corrected chi connectivity index (χ1v) is 11.1. The van der Waals surface area contributed by atoms with Gasteiger partial charge >= 0.3 is 0 Å². The number of halogens is 1. The number of likely N-dealkylation sites (tertiary alicyclic amines) is 1. The number of hydrogen-bond acceptors (Lipinski definition) is 5. The minimum absolute atomic E-state index is 0. The van der Waals surface area contributed by atoms with Gasteiger partial charge in [-0.1, -0.05) is 12.1 Å². The molecule has 0 aliphatic carbocycles. The van der Waals surface area contributed by atoms with E-state index >= 15 is 0 Å². The quantitative estimate of drug-likeness (QED) is 0.171. The van der Waals surface area contributed by atoms with Crippen molar-refractivity contribution >= 4 is 29.9 Å². The van der Waals surface area contributed by atoms with Gasteiger partial charge in [0.25, 0.3) is 0 Å². The van der Waals surface area contributed by atoms with Crippen LogP contribution in [0.1, 0.15) is 37.3 Å². The molecule has 178 valence electrons. The van der Waals surface area contributed by atoms with Gasteiger partial charge in [-0.25, -0.2) is 4.99 Å². The van der Waals surface area contributed by atoms with Crippen molar-refractivity contribution in [2.45, 2.75) is 45.7 Å². The van der Waals surface area contributed by atoms with Crippen molar-refractivity contribution in [1.29, 1.82) is 0 Å². The fraction of sp³-hybridized carbons (Fsp3) is 0.696. The van der Waals surface area contributed by atoms with Crippen LogP contribution >= 0.6 is 24.0 Å². The van der Waals surface area contributed by atoms with E-state index in [9.17, 15) is 0 Å². The van der Waals surface area contributed by atoms with Gasteiger partial charge in [0.05, 0.1) is 19.8 Å². The SMILES string of the molecule is CCNC(=NCc1ccc(C)cc1OCCCOC)NCC1CCCN1CCOC.I. The molecule has 0 bridgehead atoms. The zero-order valence-electron chi connectivity index (χ0n) is 19.6. The molecule has 1 atom stereocenters. The van der Waals surface area contributed by atoms with Crippen molar-refractivity contribution < 1.29 is 14.2 Å². The number of nitrogens with zero attached hydrogens (tertiary/aromatic N) is 2. The number of rotatable bonds is 13. The zero-order chi connectivity index (χ0) is 21.6. The summed E-state index contributed by atoms with van der Waals surface area (Å²) in [5, 5.41) is 6.89. The van der Waals surface area contributed by atoms with Gasteiger partial charge in [0, 0.05) is 58.5 Å². The van der Waals surface area contributed by atoms with Crippen molar-refractivity contribution in [3.8, 4) is 5.75 Å². The average molecular weight is 549 g/mol. The van der Waals surface area contributed by atoms with Gasteiger partial charge in [0.15, 0.2) is 5.96 Å². The highest BCUT2D eigenvalue weighted by atomic mass is 127. The fourth-order valence-electron chi connectivity index (χ4n) is 3.66. The Balaban J connectivity index is 0.00000480. The maximum absolute atomic E-state index is 6.00. The lowest BCUT2D eigenvalue weighted by Gasteiger charge is -2.25. The molecule has 8 heteroatoms. The van der Waals surface area contributed by atoms with Crippen molar-refractivity contribution in [2.24, 2.45) is 4.99 Å². The van der Waals surface area contributed by atoms with Crippen molar-refractivity contribution in [3.05, 3.63) is 29.3 Å². The van der Waals surface area contributed by atoms with Gasteiger partial charge in [-0.3, -0.25) is 4.90 Å². The second kappa shape index (κ2) is 16.5. The first-order valence-electron chi connectivity index (χ1n) is 11.1. The minimum atomic E-state index is 0. The molecular formula is C23H41IN4O3. The Morgan fingerprint density at radius 2 is 1.97 bits per heavy atom. The molecule has 0 aromatic heterocycles. The van der Waals surface area contributed by atoms with Crippen molar-refractivity contribution in [2.75, 3.05) is 60.2 Å². The third-order valence-electron chi connectivity index (χ3n) is 5.31. The topological polar surface area (TPSA) is 67.4 Å². The number of aliphatic imine (C=N–C) groups is 1. The Bertz CT molecular complexity index is 645. The minimum Gasteiger partial charge on any atom is -0.493 e. The standard InChI is InChI=1S/C23H40N4O3.HI/c1-5-24-23(26-18-21-8-6-11-27(21)12-15-29-4)25-17-20-10-9-19(2)16-22(20)30-14-7-13-28-3;/h9-10,16,21H,5-8,11-15,17-18H2,1-4H3,(H2,24,25,26);1H. The van der Waals surface area contributed by atoms with E-state index in [2.05, 4.69) is 47.6 Å². The third kappa shape index (κ3) is 10.4. The molecule has 1 aliphatic rings. The van der Waals surface area contributed by atoms with Crippen LogP contribution in [0, 0.1) is 6.92 Å². The predicted molar refractivity (Wildman–Crippen MR) is 138 cm³/mol. The highest BCUT2D eigenvalue weighted by Crippen LogP contribution is 2.21. The number of methoxy groups -OCH3 is 2. The van der Waals surface area contributed by atoms with Gasteiger partial charge < -0.3 is 24.8 Å². The average Bonchev–Trinajstić information content (AvgIpc) is 3.20. The Hall–Kier alpha value is -1.10. The monoisotopic (exact) mass is 548 g/mol. The normalized spacial score (nSPS) is 16.8. The number of nitrogens with one attached hydrogen (secondary N) is 2. The summed E-state index contributed by atoms with van der Waals surface area (Å²) in [6, 6.07) is 6.84. The molecule has 1 aromatic rings. The van der Waals surface area contributed by atoms with Crippen LogP contribution in [0.15, 0.2) is 23.2 Å². The number of benzene rings is 1. The predicted octanol–water partition coefficient (Wildman–Crippen LogP) is 3.19. The molecule has 0 amide bonds. The van der Waals surface area contributed by atoms with Crippen LogP contribution < -0.4 is 15.4 Å². The molecule has 2 rings (SSSR count). The van der Waals surface area contributed by atoms with E-state index in [-0.39, 0.29) is 24.0 Å². The molecule has 1 unspecified atom stereocenters. The first-order chi connectivity index (χ1) is 14.7. The molecular weight excluding hydrogens is 507 g/mol. The van der Waals surface area contributed by atoms with Crippen LogP contribution in [-0.2, 0) is 16.0 Å². The Kier molecular flexibility index (Phi) is 14.9. The molecule has 0 spiro atoms. The molecule has 31 heavy (non-hydrogen) atoms. The lowest BCUT2D eigenvalue weighted by Crippen LogP contribution is -2.45. The number of aryl methyl sites for hydroxylation is 1. The van der Waals surface area contributed by atoms with E-state index in [0.717, 1.165) is 56.5 Å². The second-order valence-corrected chi connectivity index (χ2v) is 7.71. The Labute approximate surface area is 205 Å². The maximum atomic E-state index is 6.00. The highest BCUT2D eigenvalue weighted by Gasteiger charge is 2.23. The van der Waals surface area contributed by atoms with Crippen LogP contribution in [-0.4, -0.2) is 77.1 Å². The molecule has 0 saturated carbocycles. The lowest BCUT2D eigenvalue weighted by atomic mass is 10.1. The second-order valence-electron chi connectivity index (χ2n) is 7.71. The van der Waals surface area contributed by atoms with Crippen LogP contribution in [0.5, 0.6) is 5.75 Å². The molecule has 1 heterocycles. The lowest BCUT2D eigenvalue weighted by molar-refractivity contribution is 0.141. The summed E-state index contributed by atoms with van der Waals surface area (Å²) in [6.07, 6.45) is 3.34. The summed E-state index contributed by atoms with van der Waals surface area (Å²) in [5.41, 5.74) is 2.28. The summed E-state index contributed by atoms with van der Waals surface area (Å²) in [5.74, 6) is 1.76. The van der Waals surface area contributed by atoms with Gasteiger partial charge in [-0.2, -0.15) is 0 Å². The number of hydrogen-bond donors (Lipinski definition) is 2. The van der Waals surface area contributed by atoms with E-state index in [0.29, 0.717) is 25.8 Å². The molecule has 1 saturated heterocycles. The van der Waals surface area contributed by atoms with Crippen LogP contribution in [0.2, 0.25) is 0 Å². The Morgan fingerprint density at radius 1 is 1.16 bits per heavy atom.